The van der Waals surface area contributed by atoms with Crippen LogP contribution in [-0.4, -0.2) is 89.2 Å². The molecule has 1 aliphatic heterocycles. The van der Waals surface area contributed by atoms with E-state index in [0.717, 1.165) is 161 Å². The van der Waals surface area contributed by atoms with Gasteiger partial charge in [0.15, 0.2) is 24.6 Å². The molecule has 1 heterocycles. The van der Waals surface area contributed by atoms with E-state index in [1.807, 2.05) is 0 Å². The summed E-state index contributed by atoms with van der Waals surface area (Å²) in [4.78, 5) is 51.2. The van der Waals surface area contributed by atoms with Crippen molar-refractivity contribution in [3.63, 3.8) is 0 Å². The van der Waals surface area contributed by atoms with Gasteiger partial charge in [0.05, 0.1) is 6.61 Å². The van der Waals surface area contributed by atoms with Gasteiger partial charge in [-0.3, -0.25) is 14.4 Å². The number of unbranched alkanes of at least 4 members (excludes halogenated alkanes) is 19. The third kappa shape index (κ3) is 43.8. The van der Waals surface area contributed by atoms with E-state index in [1.165, 1.54) is 19.3 Å². The molecule has 79 heavy (non-hydrogen) atoms. The van der Waals surface area contributed by atoms with E-state index in [2.05, 4.69) is 130 Å². The zero-order valence-electron chi connectivity index (χ0n) is 49.3. The first kappa shape index (κ1) is 72.4. The second-order valence-electron chi connectivity index (χ2n) is 20.6. The molecule has 0 aliphatic carbocycles. The Morgan fingerprint density at radius 3 is 1.22 bits per heavy atom. The molecule has 1 fully saturated rings. The van der Waals surface area contributed by atoms with Crippen LogP contribution in [0.4, 0.5) is 0 Å². The number of allylic oxidation sites excluding steroid dienone is 18. The fourth-order valence-corrected chi connectivity index (χ4v) is 8.64. The van der Waals surface area contributed by atoms with Crippen molar-refractivity contribution in [3.05, 3.63) is 109 Å². The van der Waals surface area contributed by atoms with Gasteiger partial charge >= 0.3 is 23.9 Å². The van der Waals surface area contributed by atoms with E-state index < -0.39 is 67.3 Å². The molecular weight excluding hydrogens is 997 g/mol. The highest BCUT2D eigenvalue weighted by molar-refractivity contribution is 5.74. The lowest BCUT2D eigenvalue weighted by Crippen LogP contribution is -2.61. The highest BCUT2D eigenvalue weighted by atomic mass is 16.7. The number of hydrogen-bond acceptors (Lipinski definition) is 11. The molecule has 0 amide bonds. The number of aliphatic carboxylic acids is 1. The van der Waals surface area contributed by atoms with Gasteiger partial charge in [-0.2, -0.15) is 0 Å². The summed E-state index contributed by atoms with van der Waals surface area (Å²) < 4.78 is 28.4. The molecule has 1 saturated heterocycles. The Bertz CT molecular complexity index is 1790. The molecule has 0 bridgehead atoms. The predicted molar refractivity (Wildman–Crippen MR) is 321 cm³/mol. The average Bonchev–Trinajstić information content (AvgIpc) is 3.47. The van der Waals surface area contributed by atoms with Crippen molar-refractivity contribution in [1.82, 2.24) is 0 Å². The van der Waals surface area contributed by atoms with Crippen LogP contribution in [0.2, 0.25) is 0 Å². The van der Waals surface area contributed by atoms with E-state index >= 15 is 0 Å². The van der Waals surface area contributed by atoms with Crippen LogP contribution in [0.3, 0.4) is 0 Å². The topological polar surface area (TPSA) is 175 Å². The Hall–Kier alpha value is -4.62. The van der Waals surface area contributed by atoms with E-state index in [4.69, 9.17) is 23.7 Å². The Labute approximate surface area is 478 Å². The van der Waals surface area contributed by atoms with Crippen molar-refractivity contribution in [3.8, 4) is 0 Å². The van der Waals surface area contributed by atoms with Crippen LogP contribution >= 0.6 is 0 Å². The molecule has 12 nitrogen and oxygen atoms in total. The van der Waals surface area contributed by atoms with Crippen LogP contribution < -0.4 is 0 Å². The van der Waals surface area contributed by atoms with Gasteiger partial charge in [0, 0.05) is 19.3 Å². The molecule has 0 saturated carbocycles. The quantitative estimate of drug-likeness (QED) is 0.0228. The largest absolute Gasteiger partial charge is 0.479 e. The van der Waals surface area contributed by atoms with Crippen LogP contribution in [0, 0.1) is 0 Å². The summed E-state index contributed by atoms with van der Waals surface area (Å²) >= 11 is 0. The molecule has 1 rings (SSSR count). The average molecular weight is 1110 g/mol. The van der Waals surface area contributed by atoms with Crippen molar-refractivity contribution >= 4 is 23.9 Å². The minimum absolute atomic E-state index is 0.0399. The first-order chi connectivity index (χ1) is 38.6. The van der Waals surface area contributed by atoms with Crippen LogP contribution in [0.15, 0.2) is 109 Å². The fourth-order valence-electron chi connectivity index (χ4n) is 8.64. The van der Waals surface area contributed by atoms with E-state index in [9.17, 15) is 34.5 Å². The number of esters is 3. The van der Waals surface area contributed by atoms with Gasteiger partial charge in [-0.15, -0.1) is 0 Å². The number of carboxylic acid groups (broad SMARTS) is 1. The standard InChI is InChI=1S/C67H108O12/c1-4-7-10-13-16-19-22-25-28-30-33-35-38-41-44-47-50-53-59(68)75-56-58(77-60(69)54-51-48-45-42-39-36-32-27-24-21-18-15-12-9-6-3)57-76-67-65(63(72)62(71)64(79-67)66(73)74)78-61(70)55-52-49-46-43-40-37-34-31-29-26-23-20-17-14-11-8-5-2/h7-8,10-11,16-21,25-29,32-33,35,58,62-65,67,71-72H,4-6,9,12-15,22-24,30-31,34,36-57H2,1-3H3,(H,73,74)/b10-7-,11-8-,19-16-,20-17-,21-18-,28-25-,29-26-,32-27-,35-33-. The summed E-state index contributed by atoms with van der Waals surface area (Å²) in [5, 5.41) is 31.5. The Balaban J connectivity index is 2.71. The van der Waals surface area contributed by atoms with Crippen molar-refractivity contribution in [2.24, 2.45) is 0 Å². The lowest BCUT2D eigenvalue weighted by Gasteiger charge is -2.40. The molecule has 448 valence electrons. The Morgan fingerprint density at radius 1 is 0.430 bits per heavy atom. The number of aliphatic hydroxyl groups is 2. The molecule has 0 spiro atoms. The summed E-state index contributed by atoms with van der Waals surface area (Å²) in [5.74, 6) is -3.19. The number of hydrogen-bond donors (Lipinski definition) is 3. The van der Waals surface area contributed by atoms with Crippen LogP contribution in [0.5, 0.6) is 0 Å². The monoisotopic (exact) mass is 1100 g/mol. The number of carboxylic acids is 1. The van der Waals surface area contributed by atoms with E-state index in [1.54, 1.807) is 0 Å². The summed E-state index contributed by atoms with van der Waals surface area (Å²) in [6, 6.07) is 0. The number of carbonyl (C=O) groups is 4. The molecule has 0 aromatic carbocycles. The first-order valence-electron chi connectivity index (χ1n) is 30.9. The minimum atomic E-state index is -1.92. The smallest absolute Gasteiger partial charge is 0.335 e. The number of carbonyl (C=O) groups excluding carboxylic acids is 3. The molecule has 6 unspecified atom stereocenters. The second-order valence-corrected chi connectivity index (χ2v) is 20.6. The zero-order chi connectivity index (χ0) is 57.5. The fraction of sp³-hybridized carbons (Fsp3) is 0.672. The maximum atomic E-state index is 13.2. The summed E-state index contributed by atoms with van der Waals surface area (Å²) in [6.07, 6.45) is 60.4. The Morgan fingerprint density at radius 2 is 0.797 bits per heavy atom. The van der Waals surface area contributed by atoms with Crippen molar-refractivity contribution in [2.75, 3.05) is 13.2 Å². The molecule has 0 aromatic heterocycles. The van der Waals surface area contributed by atoms with Crippen molar-refractivity contribution in [1.29, 1.82) is 0 Å². The summed E-state index contributed by atoms with van der Waals surface area (Å²) in [6.45, 7) is 5.71. The van der Waals surface area contributed by atoms with E-state index in [-0.39, 0.29) is 25.9 Å². The SMILES string of the molecule is CC/C=C\C/C=C\C/C=C\C/C=C\CCCCCCC(=O)OCC(COC1OC(C(=O)O)C(O)C(O)C1OC(=O)CCCCCCCCC/C=C\C/C=C\C/C=C\CC)OC(=O)CCCCCCC/C=C\C/C=C\CCCCC. The van der Waals surface area contributed by atoms with E-state index in [0.29, 0.717) is 19.3 Å². The highest BCUT2D eigenvalue weighted by Crippen LogP contribution is 2.26. The zero-order valence-corrected chi connectivity index (χ0v) is 49.3. The van der Waals surface area contributed by atoms with Gasteiger partial charge in [0.1, 0.15) is 18.8 Å². The van der Waals surface area contributed by atoms with Gasteiger partial charge in [-0.05, 0) is 122 Å². The molecule has 1 aliphatic rings. The lowest BCUT2D eigenvalue weighted by molar-refractivity contribution is -0.301. The molecule has 12 heteroatoms. The van der Waals surface area contributed by atoms with Gasteiger partial charge in [-0.25, -0.2) is 4.79 Å². The maximum absolute atomic E-state index is 13.2. The summed E-state index contributed by atoms with van der Waals surface area (Å²) in [5.41, 5.74) is 0. The Kier molecular flexibility index (Phi) is 49.5. The predicted octanol–water partition coefficient (Wildman–Crippen LogP) is 16.2. The molecule has 6 atom stereocenters. The van der Waals surface area contributed by atoms with Gasteiger partial charge < -0.3 is 39.0 Å². The molecular formula is C67H108O12. The normalized spacial score (nSPS) is 18.6. The molecule has 3 N–H and O–H groups in total. The van der Waals surface area contributed by atoms with Crippen LogP contribution in [-0.2, 0) is 42.9 Å². The molecule has 0 radical (unpaired) electrons. The first-order valence-corrected chi connectivity index (χ1v) is 30.9. The van der Waals surface area contributed by atoms with Crippen molar-refractivity contribution < 1.29 is 58.2 Å². The second kappa shape index (κ2) is 54.0. The third-order valence-corrected chi connectivity index (χ3v) is 13.3. The number of aliphatic hydroxyl groups excluding tert-OH is 2. The third-order valence-electron chi connectivity index (χ3n) is 13.3. The maximum Gasteiger partial charge on any atom is 0.335 e. The van der Waals surface area contributed by atoms with Crippen molar-refractivity contribution in [2.45, 2.75) is 276 Å². The lowest BCUT2D eigenvalue weighted by atomic mass is 9.98. The van der Waals surface area contributed by atoms with Gasteiger partial charge in [0.25, 0.3) is 0 Å². The van der Waals surface area contributed by atoms with Crippen LogP contribution in [0.25, 0.3) is 0 Å². The van der Waals surface area contributed by atoms with Crippen LogP contribution in [0.1, 0.15) is 239 Å². The number of ether oxygens (including phenoxy) is 5. The highest BCUT2D eigenvalue weighted by Gasteiger charge is 2.50. The van der Waals surface area contributed by atoms with Gasteiger partial charge in [0.2, 0.25) is 0 Å². The minimum Gasteiger partial charge on any atom is -0.479 e. The number of rotatable bonds is 51. The van der Waals surface area contributed by atoms with Gasteiger partial charge in [-0.1, -0.05) is 207 Å². The summed E-state index contributed by atoms with van der Waals surface area (Å²) in [7, 11) is 0. The molecule has 0 aromatic rings.